The molecule has 0 unspecified atom stereocenters. The Morgan fingerprint density at radius 2 is 1.42 bits per heavy atom. The van der Waals surface area contributed by atoms with Gasteiger partial charge in [-0.1, -0.05) is 42.5 Å². The number of ether oxygens (including phenoxy) is 2. The van der Waals surface area contributed by atoms with Crippen molar-refractivity contribution in [1.29, 1.82) is 0 Å². The van der Waals surface area contributed by atoms with E-state index >= 15 is 0 Å². The van der Waals surface area contributed by atoms with Crippen LogP contribution in [0.2, 0.25) is 0 Å². The third-order valence-corrected chi connectivity index (χ3v) is 5.21. The highest BCUT2D eigenvalue weighted by Gasteiger charge is 2.22. The fourth-order valence-corrected chi connectivity index (χ4v) is 3.67. The maximum atomic E-state index is 5.86. The van der Waals surface area contributed by atoms with Crippen LogP contribution in [-0.4, -0.2) is 46.4 Å². The second kappa shape index (κ2) is 10.2. The quantitative estimate of drug-likeness (QED) is 0.652. The molecule has 4 heteroatoms. The van der Waals surface area contributed by atoms with Gasteiger partial charge in [0, 0.05) is 5.56 Å². The van der Waals surface area contributed by atoms with Gasteiger partial charge in [0.2, 0.25) is 0 Å². The number of nitrogens with one attached hydrogen (secondary N) is 2. The van der Waals surface area contributed by atoms with Crippen LogP contribution in [0, 0.1) is 0 Å². The fourth-order valence-electron chi connectivity index (χ4n) is 3.67. The van der Waals surface area contributed by atoms with E-state index in [1.807, 2.05) is 24.3 Å². The van der Waals surface area contributed by atoms with Crippen molar-refractivity contribution in [1.82, 2.24) is 0 Å². The molecule has 0 bridgehead atoms. The molecule has 1 aliphatic heterocycles. The number of para-hydroxylation sites is 2. The predicted molar refractivity (Wildman–Crippen MR) is 104 cm³/mol. The molecule has 1 heterocycles. The standard InChI is InChI=1S/C22H30N2O2/c1-25-21-11-5-6-12-22(21)26-18-8-7-13-23-14-16-24(17-15-23)19-20-9-3-2-4-10-20/h2-6,9-12H,7-8,13-19H2,1H3/p+2. The minimum atomic E-state index is 0.763. The number of unbranched alkanes of at least 4 members (excludes halogenated alkanes) is 1. The molecular weight excluding hydrogens is 324 g/mol. The zero-order valence-corrected chi connectivity index (χ0v) is 15.9. The minimum Gasteiger partial charge on any atom is -0.493 e. The third-order valence-electron chi connectivity index (χ3n) is 5.21. The average Bonchev–Trinajstić information content (AvgIpc) is 2.70. The second-order valence-electron chi connectivity index (χ2n) is 7.12. The van der Waals surface area contributed by atoms with Crippen molar-refractivity contribution in [2.45, 2.75) is 19.4 Å². The van der Waals surface area contributed by atoms with Crippen molar-refractivity contribution in [2.75, 3.05) is 46.4 Å². The van der Waals surface area contributed by atoms with Crippen molar-refractivity contribution in [2.24, 2.45) is 0 Å². The Morgan fingerprint density at radius 1 is 0.769 bits per heavy atom. The molecule has 0 spiro atoms. The lowest BCUT2D eigenvalue weighted by molar-refractivity contribution is -1.02. The molecule has 0 atom stereocenters. The van der Waals surface area contributed by atoms with Crippen LogP contribution >= 0.6 is 0 Å². The predicted octanol–water partition coefficient (Wildman–Crippen LogP) is 0.838. The number of hydrogen-bond donors (Lipinski definition) is 2. The van der Waals surface area contributed by atoms with Crippen molar-refractivity contribution in [3.63, 3.8) is 0 Å². The summed E-state index contributed by atoms with van der Waals surface area (Å²) in [7, 11) is 1.69. The summed E-state index contributed by atoms with van der Waals surface area (Å²) in [6.07, 6.45) is 2.32. The lowest BCUT2D eigenvalue weighted by atomic mass is 10.2. The molecule has 1 fully saturated rings. The molecule has 2 aromatic rings. The van der Waals surface area contributed by atoms with Gasteiger partial charge in [-0.2, -0.15) is 0 Å². The van der Waals surface area contributed by atoms with Crippen molar-refractivity contribution >= 4 is 0 Å². The van der Waals surface area contributed by atoms with E-state index < -0.39 is 0 Å². The van der Waals surface area contributed by atoms with Crippen LogP contribution < -0.4 is 19.3 Å². The lowest BCUT2D eigenvalue weighted by Gasteiger charge is -2.29. The maximum absolute atomic E-state index is 5.86. The number of quaternary nitrogens is 2. The first-order chi connectivity index (χ1) is 12.8. The largest absolute Gasteiger partial charge is 0.493 e. The Balaban J connectivity index is 1.28. The maximum Gasteiger partial charge on any atom is 0.161 e. The number of hydrogen-bond acceptors (Lipinski definition) is 2. The van der Waals surface area contributed by atoms with E-state index in [2.05, 4.69) is 30.3 Å². The van der Waals surface area contributed by atoms with E-state index in [4.69, 9.17) is 9.47 Å². The van der Waals surface area contributed by atoms with Crippen molar-refractivity contribution < 1.29 is 19.3 Å². The Bertz CT molecular complexity index is 640. The number of rotatable bonds is 9. The molecule has 0 radical (unpaired) electrons. The molecule has 0 amide bonds. The topological polar surface area (TPSA) is 27.3 Å². The summed E-state index contributed by atoms with van der Waals surface area (Å²) in [5.41, 5.74) is 1.46. The molecule has 2 N–H and O–H groups in total. The summed E-state index contributed by atoms with van der Waals surface area (Å²) < 4.78 is 11.2. The molecule has 0 aromatic heterocycles. The van der Waals surface area contributed by atoms with E-state index in [0.29, 0.717) is 0 Å². The minimum absolute atomic E-state index is 0.763. The summed E-state index contributed by atoms with van der Waals surface area (Å²) in [5.74, 6) is 1.66. The summed E-state index contributed by atoms with van der Waals surface area (Å²) in [4.78, 5) is 3.47. The Kier molecular flexibility index (Phi) is 7.35. The first-order valence-corrected chi connectivity index (χ1v) is 9.82. The molecule has 26 heavy (non-hydrogen) atoms. The van der Waals surface area contributed by atoms with Crippen molar-refractivity contribution in [3.8, 4) is 11.5 Å². The summed E-state index contributed by atoms with van der Waals surface area (Å²) in [5, 5.41) is 0. The highest BCUT2D eigenvalue weighted by molar-refractivity contribution is 5.39. The van der Waals surface area contributed by atoms with Gasteiger partial charge in [0.05, 0.1) is 20.3 Å². The van der Waals surface area contributed by atoms with Crippen molar-refractivity contribution in [3.05, 3.63) is 60.2 Å². The zero-order valence-electron chi connectivity index (χ0n) is 15.9. The zero-order chi connectivity index (χ0) is 18.0. The third kappa shape index (κ3) is 5.75. The van der Waals surface area contributed by atoms with Gasteiger partial charge in [-0.25, -0.2) is 0 Å². The van der Waals surface area contributed by atoms with Crippen LogP contribution in [0.1, 0.15) is 18.4 Å². The van der Waals surface area contributed by atoms with Gasteiger partial charge in [-0.15, -0.1) is 0 Å². The first kappa shape index (κ1) is 18.7. The van der Waals surface area contributed by atoms with E-state index in [0.717, 1.165) is 24.5 Å². The molecular formula is C22H32N2O2+2. The molecule has 1 saturated heterocycles. The average molecular weight is 357 g/mol. The first-order valence-electron chi connectivity index (χ1n) is 9.82. The van der Waals surface area contributed by atoms with E-state index in [-0.39, 0.29) is 0 Å². The lowest BCUT2D eigenvalue weighted by Crippen LogP contribution is -3.27. The Hall–Kier alpha value is -2.04. The molecule has 3 rings (SSSR count). The smallest absolute Gasteiger partial charge is 0.161 e. The monoisotopic (exact) mass is 356 g/mol. The highest BCUT2D eigenvalue weighted by atomic mass is 16.5. The summed E-state index contributed by atoms with van der Waals surface area (Å²) in [6, 6.07) is 18.7. The number of methoxy groups -OCH3 is 1. The molecule has 140 valence electrons. The van der Waals surface area contributed by atoms with Gasteiger partial charge in [0.25, 0.3) is 0 Å². The van der Waals surface area contributed by atoms with Crippen LogP contribution in [0.4, 0.5) is 0 Å². The van der Waals surface area contributed by atoms with Crippen LogP contribution in [0.25, 0.3) is 0 Å². The molecule has 4 nitrogen and oxygen atoms in total. The van der Waals surface area contributed by atoms with Crippen LogP contribution in [0.3, 0.4) is 0 Å². The van der Waals surface area contributed by atoms with Gasteiger partial charge in [-0.05, 0) is 25.0 Å². The van der Waals surface area contributed by atoms with Crippen LogP contribution in [-0.2, 0) is 6.54 Å². The van der Waals surface area contributed by atoms with E-state index in [1.54, 1.807) is 16.9 Å². The second-order valence-corrected chi connectivity index (χ2v) is 7.12. The number of piperazine rings is 1. The van der Waals surface area contributed by atoms with Gasteiger partial charge < -0.3 is 19.3 Å². The molecule has 2 aromatic carbocycles. The fraction of sp³-hybridized carbons (Fsp3) is 0.455. The Labute approximate surface area is 157 Å². The Morgan fingerprint density at radius 3 is 2.15 bits per heavy atom. The normalized spacial score (nSPS) is 19.9. The van der Waals surface area contributed by atoms with Gasteiger partial charge >= 0.3 is 0 Å². The van der Waals surface area contributed by atoms with Crippen LogP contribution in [0.15, 0.2) is 54.6 Å². The SMILES string of the molecule is COc1ccccc1OCCCC[NH+]1CC[NH+](Cc2ccccc2)CC1. The van der Waals surface area contributed by atoms with E-state index in [9.17, 15) is 0 Å². The number of benzene rings is 2. The molecule has 0 aliphatic carbocycles. The summed E-state index contributed by atoms with van der Waals surface area (Å²) in [6.45, 7) is 8.32. The van der Waals surface area contributed by atoms with Gasteiger partial charge in [-0.3, -0.25) is 0 Å². The van der Waals surface area contributed by atoms with Crippen LogP contribution in [0.5, 0.6) is 11.5 Å². The highest BCUT2D eigenvalue weighted by Crippen LogP contribution is 2.25. The molecule has 1 aliphatic rings. The van der Waals surface area contributed by atoms with Gasteiger partial charge in [0.15, 0.2) is 11.5 Å². The molecule has 0 saturated carbocycles. The summed E-state index contributed by atoms with van der Waals surface area (Å²) >= 11 is 0. The van der Waals surface area contributed by atoms with Gasteiger partial charge in [0.1, 0.15) is 32.7 Å². The van der Waals surface area contributed by atoms with E-state index in [1.165, 1.54) is 51.3 Å².